The van der Waals surface area contributed by atoms with Gasteiger partial charge in [0.2, 0.25) is 10.0 Å². The van der Waals surface area contributed by atoms with E-state index in [1.165, 1.54) is 6.07 Å². The van der Waals surface area contributed by atoms with Crippen LogP contribution in [0.1, 0.15) is 20.8 Å². The van der Waals surface area contributed by atoms with Crippen molar-refractivity contribution in [2.75, 3.05) is 26.4 Å². The van der Waals surface area contributed by atoms with E-state index in [-0.39, 0.29) is 11.9 Å². The number of guanidine groups is 1. The molecule has 7 nitrogen and oxygen atoms in total. The zero-order valence-electron chi connectivity index (χ0n) is 15.3. The SMILES string of the molecule is CN=C(NCC(C)Oc1ccccc1F)NCC(C)(C)NS(C)(=O)=O. The lowest BCUT2D eigenvalue weighted by Crippen LogP contribution is -2.53. The predicted molar refractivity (Wildman–Crippen MR) is 97.9 cm³/mol. The van der Waals surface area contributed by atoms with E-state index in [2.05, 4.69) is 20.3 Å². The van der Waals surface area contributed by atoms with Crippen LogP contribution in [0.15, 0.2) is 29.3 Å². The molecular weight excluding hydrogens is 347 g/mol. The van der Waals surface area contributed by atoms with Crippen molar-refractivity contribution < 1.29 is 17.5 Å². The summed E-state index contributed by atoms with van der Waals surface area (Å²) < 4.78 is 44.3. The molecule has 0 bridgehead atoms. The fraction of sp³-hybridized carbons (Fsp3) is 0.562. The lowest BCUT2D eigenvalue weighted by atomic mass is 10.1. The monoisotopic (exact) mass is 374 g/mol. The van der Waals surface area contributed by atoms with Crippen molar-refractivity contribution in [3.05, 3.63) is 30.1 Å². The van der Waals surface area contributed by atoms with Gasteiger partial charge in [0.25, 0.3) is 0 Å². The van der Waals surface area contributed by atoms with Gasteiger partial charge >= 0.3 is 0 Å². The number of hydrogen-bond acceptors (Lipinski definition) is 4. The third kappa shape index (κ3) is 8.69. The zero-order chi connectivity index (χ0) is 19.1. The number of hydrogen-bond donors (Lipinski definition) is 3. The van der Waals surface area contributed by atoms with Crippen molar-refractivity contribution in [2.24, 2.45) is 4.99 Å². The molecule has 9 heteroatoms. The Morgan fingerprint density at radius 2 is 1.96 bits per heavy atom. The first-order valence-corrected chi connectivity index (χ1v) is 9.76. The second-order valence-corrected chi connectivity index (χ2v) is 8.17. The number of halogens is 1. The second kappa shape index (κ2) is 9.00. The van der Waals surface area contributed by atoms with Crippen LogP contribution in [-0.2, 0) is 10.0 Å². The molecule has 1 unspecified atom stereocenters. The molecular formula is C16H27FN4O3S. The Hall–Kier alpha value is -1.87. The van der Waals surface area contributed by atoms with Gasteiger partial charge in [0, 0.05) is 19.1 Å². The van der Waals surface area contributed by atoms with Gasteiger partial charge in [0.1, 0.15) is 6.10 Å². The molecule has 1 atom stereocenters. The summed E-state index contributed by atoms with van der Waals surface area (Å²) in [6, 6.07) is 6.21. The average molecular weight is 374 g/mol. The summed E-state index contributed by atoms with van der Waals surface area (Å²) in [6.45, 7) is 6.06. The Labute approximate surface area is 149 Å². The standard InChI is InChI=1S/C16H27FN4O3S/c1-12(24-14-9-7-6-8-13(14)17)10-19-15(18-4)20-11-16(2,3)21-25(5,22)23/h6-9,12,21H,10-11H2,1-5H3,(H2,18,19,20). The number of aliphatic imine (C=N–C) groups is 1. The normalized spacial score (nSPS) is 14.1. The van der Waals surface area contributed by atoms with E-state index in [1.807, 2.05) is 6.92 Å². The number of benzene rings is 1. The molecule has 25 heavy (non-hydrogen) atoms. The van der Waals surface area contributed by atoms with Crippen molar-refractivity contribution in [1.82, 2.24) is 15.4 Å². The molecule has 0 heterocycles. The Kier molecular flexibility index (Phi) is 7.62. The van der Waals surface area contributed by atoms with Crippen molar-refractivity contribution in [3.63, 3.8) is 0 Å². The summed E-state index contributed by atoms with van der Waals surface area (Å²) in [7, 11) is -1.70. The Morgan fingerprint density at radius 3 is 2.52 bits per heavy atom. The number of rotatable bonds is 8. The smallest absolute Gasteiger partial charge is 0.209 e. The maximum atomic E-state index is 13.6. The van der Waals surface area contributed by atoms with Crippen LogP contribution in [0.4, 0.5) is 4.39 Å². The van der Waals surface area contributed by atoms with Gasteiger partial charge in [0.05, 0.1) is 12.8 Å². The van der Waals surface area contributed by atoms with Crippen LogP contribution in [0.25, 0.3) is 0 Å². The molecule has 0 aliphatic carbocycles. The topological polar surface area (TPSA) is 91.8 Å². The Morgan fingerprint density at radius 1 is 1.32 bits per heavy atom. The highest BCUT2D eigenvalue weighted by Crippen LogP contribution is 2.16. The van der Waals surface area contributed by atoms with Crippen molar-refractivity contribution >= 4 is 16.0 Å². The summed E-state index contributed by atoms with van der Waals surface area (Å²) in [4.78, 5) is 4.07. The highest BCUT2D eigenvalue weighted by molar-refractivity contribution is 7.88. The molecule has 3 N–H and O–H groups in total. The maximum Gasteiger partial charge on any atom is 0.209 e. The summed E-state index contributed by atoms with van der Waals surface area (Å²) in [5.74, 6) is 0.274. The van der Waals surface area contributed by atoms with Crippen LogP contribution in [0.5, 0.6) is 5.75 Å². The molecule has 0 amide bonds. The van der Waals surface area contributed by atoms with E-state index in [9.17, 15) is 12.8 Å². The van der Waals surface area contributed by atoms with Crippen molar-refractivity contribution in [2.45, 2.75) is 32.4 Å². The van der Waals surface area contributed by atoms with Gasteiger partial charge in [-0.25, -0.2) is 17.5 Å². The van der Waals surface area contributed by atoms with Gasteiger partial charge in [-0.1, -0.05) is 12.1 Å². The molecule has 0 fully saturated rings. The fourth-order valence-electron chi connectivity index (χ4n) is 2.10. The molecule has 0 spiro atoms. The minimum Gasteiger partial charge on any atom is -0.486 e. The number of para-hydroxylation sites is 1. The largest absolute Gasteiger partial charge is 0.486 e. The molecule has 0 saturated heterocycles. The molecule has 0 aliphatic rings. The molecule has 0 aromatic heterocycles. The highest BCUT2D eigenvalue weighted by Gasteiger charge is 2.22. The van der Waals surface area contributed by atoms with E-state index >= 15 is 0 Å². The summed E-state index contributed by atoms with van der Waals surface area (Å²) in [5.41, 5.74) is -0.680. The molecule has 1 aromatic rings. The first-order chi connectivity index (χ1) is 11.5. The van der Waals surface area contributed by atoms with Crippen molar-refractivity contribution in [3.8, 4) is 5.75 Å². The van der Waals surface area contributed by atoms with Crippen LogP contribution < -0.4 is 20.1 Å². The molecule has 1 aromatic carbocycles. The summed E-state index contributed by atoms with van der Waals surface area (Å²) in [5, 5.41) is 6.10. The van der Waals surface area contributed by atoms with Gasteiger partial charge in [-0.15, -0.1) is 0 Å². The molecule has 0 aliphatic heterocycles. The molecule has 1 rings (SSSR count). The number of nitrogens with zero attached hydrogens (tertiary/aromatic N) is 1. The van der Waals surface area contributed by atoms with Gasteiger partial charge in [-0.3, -0.25) is 4.99 Å². The van der Waals surface area contributed by atoms with Crippen LogP contribution in [0.2, 0.25) is 0 Å². The van der Waals surface area contributed by atoms with E-state index in [1.54, 1.807) is 39.1 Å². The first kappa shape index (κ1) is 21.2. The lowest BCUT2D eigenvalue weighted by Gasteiger charge is -2.26. The zero-order valence-corrected chi connectivity index (χ0v) is 16.1. The lowest BCUT2D eigenvalue weighted by molar-refractivity contribution is 0.214. The first-order valence-electron chi connectivity index (χ1n) is 7.87. The van der Waals surface area contributed by atoms with Crippen LogP contribution in [-0.4, -0.2) is 52.4 Å². The average Bonchev–Trinajstić information content (AvgIpc) is 2.47. The molecule has 0 radical (unpaired) electrons. The van der Waals surface area contributed by atoms with Gasteiger partial charge < -0.3 is 15.4 Å². The van der Waals surface area contributed by atoms with Crippen LogP contribution in [0, 0.1) is 5.82 Å². The Balaban J connectivity index is 2.47. The van der Waals surface area contributed by atoms with Gasteiger partial charge in [-0.05, 0) is 32.9 Å². The third-order valence-electron chi connectivity index (χ3n) is 3.10. The van der Waals surface area contributed by atoms with Gasteiger partial charge in [-0.2, -0.15) is 0 Å². The van der Waals surface area contributed by atoms with Crippen LogP contribution in [0.3, 0.4) is 0 Å². The molecule has 0 saturated carbocycles. The number of sulfonamides is 1. The quantitative estimate of drug-likeness (QED) is 0.468. The van der Waals surface area contributed by atoms with Crippen LogP contribution >= 0.6 is 0 Å². The third-order valence-corrected chi connectivity index (χ3v) is 4.03. The Bertz CT molecular complexity index is 692. The van der Waals surface area contributed by atoms with Crippen molar-refractivity contribution in [1.29, 1.82) is 0 Å². The minimum absolute atomic E-state index is 0.193. The van der Waals surface area contributed by atoms with E-state index in [0.717, 1.165) is 6.26 Å². The summed E-state index contributed by atoms with van der Waals surface area (Å²) >= 11 is 0. The van der Waals surface area contributed by atoms with E-state index in [0.29, 0.717) is 19.0 Å². The highest BCUT2D eigenvalue weighted by atomic mass is 32.2. The van der Waals surface area contributed by atoms with Gasteiger partial charge in [0.15, 0.2) is 17.5 Å². The molecule has 142 valence electrons. The minimum atomic E-state index is -3.31. The summed E-state index contributed by atoms with van der Waals surface area (Å²) in [6.07, 6.45) is 0.821. The number of ether oxygens (including phenoxy) is 1. The maximum absolute atomic E-state index is 13.6. The second-order valence-electron chi connectivity index (χ2n) is 6.42. The number of nitrogens with one attached hydrogen (secondary N) is 3. The fourth-order valence-corrected chi connectivity index (χ4v) is 3.18. The predicted octanol–water partition coefficient (Wildman–Crippen LogP) is 1.09. The van der Waals surface area contributed by atoms with E-state index < -0.39 is 21.4 Å². The van der Waals surface area contributed by atoms with E-state index in [4.69, 9.17) is 4.74 Å².